The van der Waals surface area contributed by atoms with Crippen molar-refractivity contribution in [3.05, 3.63) is 90.3 Å². The van der Waals surface area contributed by atoms with E-state index >= 15 is 0 Å². The summed E-state index contributed by atoms with van der Waals surface area (Å²) in [6.45, 7) is 5.31. The molecule has 0 bridgehead atoms. The molecule has 1 aromatic heterocycles. The summed E-state index contributed by atoms with van der Waals surface area (Å²) >= 11 is 0. The Labute approximate surface area is 185 Å². The Bertz CT molecular complexity index is 980. The second kappa shape index (κ2) is 9.88. The lowest BCUT2D eigenvalue weighted by Crippen LogP contribution is -2.50. The van der Waals surface area contributed by atoms with Crippen LogP contribution in [0.25, 0.3) is 11.1 Å². The molecule has 1 fully saturated rings. The highest BCUT2D eigenvalue weighted by Crippen LogP contribution is 2.38. The summed E-state index contributed by atoms with van der Waals surface area (Å²) in [5.74, 6) is 0.190. The molecule has 1 aliphatic rings. The third-order valence-electron chi connectivity index (χ3n) is 6.37. The number of carbonyl (C=O) groups is 1. The Kier molecular flexibility index (Phi) is 6.78. The molecule has 1 saturated heterocycles. The van der Waals surface area contributed by atoms with Crippen LogP contribution in [-0.2, 0) is 17.8 Å². The van der Waals surface area contributed by atoms with Gasteiger partial charge < -0.3 is 5.32 Å². The number of hydrogen-bond donors (Lipinski definition) is 1. The fourth-order valence-corrected chi connectivity index (χ4v) is 4.63. The van der Waals surface area contributed by atoms with Crippen molar-refractivity contribution in [2.75, 3.05) is 19.6 Å². The quantitative estimate of drug-likeness (QED) is 0.610. The monoisotopic (exact) mass is 413 g/mol. The van der Waals surface area contributed by atoms with Gasteiger partial charge in [-0.25, -0.2) is 0 Å². The zero-order valence-electron chi connectivity index (χ0n) is 18.3. The van der Waals surface area contributed by atoms with Gasteiger partial charge in [0.1, 0.15) is 0 Å². The minimum absolute atomic E-state index is 0.190. The Morgan fingerprint density at radius 2 is 1.68 bits per heavy atom. The van der Waals surface area contributed by atoms with Crippen LogP contribution in [0.5, 0.6) is 0 Å². The summed E-state index contributed by atoms with van der Waals surface area (Å²) in [5, 5.41) is 3.13. The van der Waals surface area contributed by atoms with E-state index in [2.05, 4.69) is 69.8 Å². The van der Waals surface area contributed by atoms with Crippen molar-refractivity contribution in [3.63, 3.8) is 0 Å². The van der Waals surface area contributed by atoms with Crippen LogP contribution in [0.3, 0.4) is 0 Å². The Hall–Kier alpha value is -2.98. The lowest BCUT2D eigenvalue weighted by molar-refractivity contribution is -0.134. The van der Waals surface area contributed by atoms with Crippen LogP contribution < -0.4 is 5.32 Å². The largest absolute Gasteiger partial charge is 0.356 e. The zero-order valence-corrected chi connectivity index (χ0v) is 18.3. The first kappa shape index (κ1) is 21.3. The molecule has 0 unspecified atom stereocenters. The van der Waals surface area contributed by atoms with Crippen LogP contribution in [0.15, 0.2) is 79.0 Å². The number of pyridine rings is 1. The second-order valence-corrected chi connectivity index (χ2v) is 8.44. The molecule has 0 spiro atoms. The van der Waals surface area contributed by atoms with E-state index in [1.54, 1.807) is 0 Å². The molecule has 4 rings (SSSR count). The fourth-order valence-electron chi connectivity index (χ4n) is 4.63. The lowest BCUT2D eigenvalue weighted by Gasteiger charge is -2.41. The van der Waals surface area contributed by atoms with Crippen LogP contribution in [0.4, 0.5) is 0 Å². The Balaban J connectivity index is 1.56. The molecular weight excluding hydrogens is 382 g/mol. The van der Waals surface area contributed by atoms with E-state index in [-0.39, 0.29) is 11.3 Å². The van der Waals surface area contributed by atoms with E-state index < -0.39 is 0 Å². The minimum Gasteiger partial charge on any atom is -0.356 e. The van der Waals surface area contributed by atoms with Gasteiger partial charge in [-0.3, -0.25) is 14.7 Å². The summed E-state index contributed by atoms with van der Waals surface area (Å²) in [6.07, 6.45) is 4.32. The van der Waals surface area contributed by atoms with Gasteiger partial charge >= 0.3 is 0 Å². The number of aromatic nitrogens is 1. The smallest absolute Gasteiger partial charge is 0.226 e. The maximum Gasteiger partial charge on any atom is 0.226 e. The third-order valence-corrected chi connectivity index (χ3v) is 6.37. The number of piperidine rings is 1. The lowest BCUT2D eigenvalue weighted by atomic mass is 9.72. The third kappa shape index (κ3) is 5.02. The number of carbonyl (C=O) groups excluding carboxylic acids is 1. The molecule has 0 atom stereocenters. The van der Waals surface area contributed by atoms with Crippen molar-refractivity contribution in [1.29, 1.82) is 0 Å². The summed E-state index contributed by atoms with van der Waals surface area (Å²) < 4.78 is 0. The number of likely N-dealkylation sites (tertiary alicyclic amines) is 1. The maximum atomic E-state index is 13.3. The van der Waals surface area contributed by atoms with Gasteiger partial charge in [-0.05, 0) is 68.1 Å². The molecule has 31 heavy (non-hydrogen) atoms. The number of benzene rings is 2. The molecule has 4 heteroatoms. The van der Waals surface area contributed by atoms with Crippen LogP contribution in [0, 0.1) is 5.41 Å². The van der Waals surface area contributed by atoms with Crippen LogP contribution >= 0.6 is 0 Å². The molecule has 1 N–H and O–H groups in total. The predicted octanol–water partition coefficient (Wildman–Crippen LogP) is 4.71. The summed E-state index contributed by atoms with van der Waals surface area (Å²) in [4.78, 5) is 20.2. The van der Waals surface area contributed by atoms with Crippen molar-refractivity contribution >= 4 is 5.91 Å². The second-order valence-electron chi connectivity index (χ2n) is 8.44. The molecule has 0 aliphatic carbocycles. The highest BCUT2D eigenvalue weighted by molar-refractivity contribution is 5.83. The average Bonchev–Trinajstić information content (AvgIpc) is 2.82. The molecule has 1 aliphatic heterocycles. The summed E-state index contributed by atoms with van der Waals surface area (Å²) in [5.41, 5.74) is 4.39. The highest BCUT2D eigenvalue weighted by atomic mass is 16.2. The number of nitrogens with one attached hydrogen (secondary N) is 1. The molecule has 4 nitrogen and oxygen atoms in total. The predicted molar refractivity (Wildman–Crippen MR) is 125 cm³/mol. The van der Waals surface area contributed by atoms with Gasteiger partial charge in [0.25, 0.3) is 0 Å². The Morgan fingerprint density at radius 3 is 2.39 bits per heavy atom. The first-order valence-corrected chi connectivity index (χ1v) is 11.2. The summed E-state index contributed by atoms with van der Waals surface area (Å²) in [7, 11) is 0. The maximum absolute atomic E-state index is 13.3. The highest BCUT2D eigenvalue weighted by Gasteiger charge is 2.41. The number of hydrogen-bond acceptors (Lipinski definition) is 3. The van der Waals surface area contributed by atoms with E-state index in [1.807, 2.05) is 31.3 Å². The zero-order chi connectivity index (χ0) is 21.5. The fraction of sp³-hybridized carbons (Fsp3) is 0.333. The molecular formula is C27H31N3O. The molecule has 0 radical (unpaired) electrons. The first-order valence-electron chi connectivity index (χ1n) is 11.2. The normalized spacial score (nSPS) is 16.0. The van der Waals surface area contributed by atoms with Gasteiger partial charge in [0.05, 0.1) is 11.1 Å². The Morgan fingerprint density at radius 1 is 0.968 bits per heavy atom. The first-order chi connectivity index (χ1) is 15.2. The molecule has 1 amide bonds. The van der Waals surface area contributed by atoms with Crippen molar-refractivity contribution in [2.45, 2.75) is 32.7 Å². The van der Waals surface area contributed by atoms with Crippen molar-refractivity contribution < 1.29 is 4.79 Å². The van der Waals surface area contributed by atoms with Crippen LogP contribution in [0.1, 0.15) is 31.0 Å². The number of rotatable bonds is 7. The molecule has 0 saturated carbocycles. The van der Waals surface area contributed by atoms with Gasteiger partial charge in [0.15, 0.2) is 0 Å². The molecule has 2 aromatic carbocycles. The van der Waals surface area contributed by atoms with Crippen molar-refractivity contribution in [1.82, 2.24) is 15.2 Å². The van der Waals surface area contributed by atoms with Gasteiger partial charge in [-0.1, -0.05) is 60.7 Å². The van der Waals surface area contributed by atoms with E-state index in [1.165, 1.54) is 16.7 Å². The standard InChI is InChI=1S/C27H31N3O/c1-2-28-26(31)27(15-18-30(19-16-27)21-24-13-8-9-17-29-24)20-23-12-6-7-14-25(23)22-10-4-3-5-11-22/h3-14,17H,2,15-16,18-21H2,1H3,(H,28,31). The van der Waals surface area contributed by atoms with Gasteiger partial charge in [0.2, 0.25) is 5.91 Å². The van der Waals surface area contributed by atoms with E-state index in [0.717, 1.165) is 44.6 Å². The van der Waals surface area contributed by atoms with Crippen molar-refractivity contribution in [2.24, 2.45) is 5.41 Å². The van der Waals surface area contributed by atoms with Crippen LogP contribution in [0.2, 0.25) is 0 Å². The average molecular weight is 414 g/mol. The SMILES string of the molecule is CCNC(=O)C1(Cc2ccccc2-c2ccccc2)CCN(Cc2ccccn2)CC1. The molecule has 3 aromatic rings. The molecule has 2 heterocycles. The van der Waals surface area contributed by atoms with Gasteiger partial charge in [0, 0.05) is 19.3 Å². The topological polar surface area (TPSA) is 45.2 Å². The molecule has 160 valence electrons. The van der Waals surface area contributed by atoms with Gasteiger partial charge in [-0.15, -0.1) is 0 Å². The van der Waals surface area contributed by atoms with E-state index in [9.17, 15) is 4.79 Å². The van der Waals surface area contributed by atoms with Crippen molar-refractivity contribution in [3.8, 4) is 11.1 Å². The van der Waals surface area contributed by atoms with Gasteiger partial charge in [-0.2, -0.15) is 0 Å². The van der Waals surface area contributed by atoms with E-state index in [4.69, 9.17) is 0 Å². The van der Waals surface area contributed by atoms with Crippen LogP contribution in [-0.4, -0.2) is 35.4 Å². The summed E-state index contributed by atoms with van der Waals surface area (Å²) in [6, 6.07) is 25.1. The van der Waals surface area contributed by atoms with E-state index in [0.29, 0.717) is 6.54 Å². The minimum atomic E-state index is -0.374. The number of nitrogens with zero attached hydrogens (tertiary/aromatic N) is 2. The number of amides is 1.